The first-order chi connectivity index (χ1) is 13.3. The topological polar surface area (TPSA) is 105 Å². The predicted molar refractivity (Wildman–Crippen MR) is 104 cm³/mol. The number of aliphatic carboxylic acids is 1. The molecule has 0 unspecified atom stereocenters. The first kappa shape index (κ1) is 20.8. The normalized spacial score (nSPS) is 23.8. The zero-order valence-corrected chi connectivity index (χ0v) is 17.0. The maximum Gasteiger partial charge on any atom is 0.340 e. The molecule has 3 aliphatic rings. The van der Waals surface area contributed by atoms with Crippen molar-refractivity contribution in [2.75, 3.05) is 0 Å². The van der Waals surface area contributed by atoms with Crippen LogP contribution in [-0.2, 0) is 19.1 Å². The van der Waals surface area contributed by atoms with E-state index in [1.54, 1.807) is 0 Å². The van der Waals surface area contributed by atoms with Gasteiger partial charge in [0.15, 0.2) is 5.54 Å². The lowest BCUT2D eigenvalue weighted by Gasteiger charge is -2.38. The summed E-state index contributed by atoms with van der Waals surface area (Å²) in [6.07, 6.45) is 8.39. The number of cyclic esters (lactones) is 1. The Labute approximate surface area is 166 Å². The Bertz CT molecular complexity index is 668. The molecule has 3 rings (SSSR count). The molecule has 2 fully saturated rings. The number of amides is 1. The highest BCUT2D eigenvalue weighted by Crippen LogP contribution is 2.42. The molecule has 1 amide bonds. The number of hydrogen-bond donors (Lipinski definition) is 2. The van der Waals surface area contributed by atoms with Crippen LogP contribution in [0.25, 0.3) is 0 Å². The number of esters is 1. The number of hydrogen-bond acceptors (Lipinski definition) is 5. The van der Waals surface area contributed by atoms with Gasteiger partial charge in [-0.2, -0.15) is 0 Å². The van der Waals surface area contributed by atoms with E-state index in [0.717, 1.165) is 38.5 Å². The molecule has 0 saturated heterocycles. The number of carboxylic acids is 1. The average Bonchev–Trinajstić information content (AvgIpc) is 3.00. The Morgan fingerprint density at radius 1 is 1.04 bits per heavy atom. The second kappa shape index (κ2) is 7.84. The van der Waals surface area contributed by atoms with Crippen LogP contribution in [0.3, 0.4) is 0 Å². The number of carboxylic acid groups (broad SMARTS) is 1. The number of rotatable bonds is 6. The summed E-state index contributed by atoms with van der Waals surface area (Å²) in [5.74, 6) is -1.55. The van der Waals surface area contributed by atoms with Gasteiger partial charge >= 0.3 is 11.9 Å². The van der Waals surface area contributed by atoms with Gasteiger partial charge in [0.05, 0.1) is 0 Å². The van der Waals surface area contributed by atoms with E-state index in [2.05, 4.69) is 5.32 Å². The van der Waals surface area contributed by atoms with E-state index in [9.17, 15) is 19.5 Å². The molecule has 7 heteroatoms. The quantitative estimate of drug-likeness (QED) is 0.675. The van der Waals surface area contributed by atoms with Gasteiger partial charge in [-0.25, -0.2) is 14.6 Å². The number of aliphatic imine (C=N–C) groups is 1. The van der Waals surface area contributed by atoms with Crippen molar-refractivity contribution in [2.45, 2.75) is 102 Å². The molecule has 0 aromatic rings. The van der Waals surface area contributed by atoms with E-state index in [-0.39, 0.29) is 17.8 Å². The Morgan fingerprint density at radius 2 is 1.57 bits per heavy atom. The van der Waals surface area contributed by atoms with Crippen LogP contribution < -0.4 is 5.32 Å². The Hall–Kier alpha value is -1.92. The Kier molecular flexibility index (Phi) is 5.82. The second-order valence-corrected chi connectivity index (χ2v) is 8.59. The van der Waals surface area contributed by atoms with Crippen molar-refractivity contribution < 1.29 is 24.2 Å². The standard InChI is InChI=1S/C21H32N2O5/c1-3-19(4-2,15(24)22-20(17(25)26)11-7-5-8-12-20)16-23-21(18(27)28-16)13-9-6-10-14-21/h3-14H2,1-2H3,(H,22,24)(H,25,26). The van der Waals surface area contributed by atoms with Crippen molar-refractivity contribution in [1.82, 2.24) is 5.32 Å². The summed E-state index contributed by atoms with van der Waals surface area (Å²) < 4.78 is 5.61. The molecule has 1 spiro atoms. The Balaban J connectivity index is 1.91. The SMILES string of the molecule is CCC(CC)(C(=O)NC1(C(=O)O)CCCCC1)C1=NC2(CCCCC2)C(=O)O1. The van der Waals surface area contributed by atoms with E-state index in [0.29, 0.717) is 38.5 Å². The third-order valence-electron chi connectivity index (χ3n) is 7.09. The fraction of sp³-hybridized carbons (Fsp3) is 0.810. The molecular formula is C21H32N2O5. The lowest BCUT2D eigenvalue weighted by Crippen LogP contribution is -2.60. The van der Waals surface area contributed by atoms with Crippen LogP contribution in [0.15, 0.2) is 4.99 Å². The first-order valence-electron chi connectivity index (χ1n) is 10.7. The summed E-state index contributed by atoms with van der Waals surface area (Å²) >= 11 is 0. The van der Waals surface area contributed by atoms with Crippen LogP contribution in [0.1, 0.15) is 90.9 Å². The number of carbonyl (C=O) groups is 3. The van der Waals surface area contributed by atoms with Gasteiger partial charge in [0.25, 0.3) is 0 Å². The van der Waals surface area contributed by atoms with Gasteiger partial charge in [-0.1, -0.05) is 52.4 Å². The summed E-state index contributed by atoms with van der Waals surface area (Å²) in [5.41, 5.74) is -3.20. The van der Waals surface area contributed by atoms with Gasteiger partial charge in [-0.05, 0) is 38.5 Å². The van der Waals surface area contributed by atoms with E-state index in [4.69, 9.17) is 9.73 Å². The number of nitrogens with zero attached hydrogens (tertiary/aromatic N) is 1. The summed E-state index contributed by atoms with van der Waals surface area (Å²) in [5, 5.41) is 12.7. The maximum absolute atomic E-state index is 13.4. The Morgan fingerprint density at radius 3 is 2.07 bits per heavy atom. The van der Waals surface area contributed by atoms with Crippen molar-refractivity contribution in [3.05, 3.63) is 0 Å². The van der Waals surface area contributed by atoms with Crippen LogP contribution in [0.2, 0.25) is 0 Å². The smallest absolute Gasteiger partial charge is 0.340 e. The number of carbonyl (C=O) groups excluding carboxylic acids is 2. The van der Waals surface area contributed by atoms with Crippen molar-refractivity contribution in [3.8, 4) is 0 Å². The highest BCUT2D eigenvalue weighted by molar-refractivity contribution is 6.13. The lowest BCUT2D eigenvalue weighted by atomic mass is 9.77. The van der Waals surface area contributed by atoms with E-state index < -0.39 is 22.5 Å². The molecule has 2 aliphatic carbocycles. The van der Waals surface area contributed by atoms with Crippen LogP contribution in [0.5, 0.6) is 0 Å². The molecule has 0 bridgehead atoms. The third kappa shape index (κ3) is 3.33. The minimum absolute atomic E-state index is 0.179. The van der Waals surface area contributed by atoms with Crippen LogP contribution in [-0.4, -0.2) is 39.9 Å². The molecule has 0 aromatic heterocycles. The van der Waals surface area contributed by atoms with E-state index in [1.807, 2.05) is 13.8 Å². The molecule has 156 valence electrons. The largest absolute Gasteiger partial charge is 0.480 e. The molecule has 1 aliphatic heterocycles. The summed E-state index contributed by atoms with van der Waals surface area (Å²) in [7, 11) is 0. The monoisotopic (exact) mass is 392 g/mol. The molecule has 0 atom stereocenters. The highest BCUT2D eigenvalue weighted by Gasteiger charge is 2.55. The number of nitrogens with one attached hydrogen (secondary N) is 1. The van der Waals surface area contributed by atoms with Crippen molar-refractivity contribution >= 4 is 23.7 Å². The van der Waals surface area contributed by atoms with E-state index >= 15 is 0 Å². The minimum atomic E-state index is -1.24. The minimum Gasteiger partial charge on any atom is -0.480 e. The predicted octanol–water partition coefficient (Wildman–Crippen LogP) is 3.35. The molecule has 1 heterocycles. The third-order valence-corrected chi connectivity index (χ3v) is 7.09. The van der Waals surface area contributed by atoms with Gasteiger partial charge in [-0.3, -0.25) is 4.79 Å². The van der Waals surface area contributed by atoms with Gasteiger partial charge in [0.1, 0.15) is 11.0 Å². The van der Waals surface area contributed by atoms with Gasteiger partial charge in [0.2, 0.25) is 11.8 Å². The molecule has 7 nitrogen and oxygen atoms in total. The fourth-order valence-electron chi connectivity index (χ4n) is 4.96. The van der Waals surface area contributed by atoms with Crippen LogP contribution in [0, 0.1) is 5.41 Å². The zero-order valence-electron chi connectivity index (χ0n) is 17.0. The van der Waals surface area contributed by atoms with Gasteiger partial charge in [0, 0.05) is 0 Å². The van der Waals surface area contributed by atoms with Crippen molar-refractivity contribution in [3.63, 3.8) is 0 Å². The van der Waals surface area contributed by atoms with E-state index in [1.165, 1.54) is 0 Å². The molecule has 2 N–H and O–H groups in total. The zero-order chi connectivity index (χ0) is 20.4. The number of ether oxygens (including phenoxy) is 1. The van der Waals surface area contributed by atoms with Gasteiger partial charge in [-0.15, -0.1) is 0 Å². The molecular weight excluding hydrogens is 360 g/mol. The summed E-state index contributed by atoms with van der Waals surface area (Å²) in [4.78, 5) is 42.8. The highest BCUT2D eigenvalue weighted by atomic mass is 16.6. The second-order valence-electron chi connectivity index (χ2n) is 8.59. The fourth-order valence-corrected chi connectivity index (χ4v) is 4.96. The van der Waals surface area contributed by atoms with Crippen molar-refractivity contribution in [2.24, 2.45) is 10.4 Å². The summed E-state index contributed by atoms with van der Waals surface area (Å²) in [6, 6.07) is 0. The first-order valence-corrected chi connectivity index (χ1v) is 10.7. The average molecular weight is 392 g/mol. The molecule has 0 radical (unpaired) electrons. The molecule has 0 aromatic carbocycles. The summed E-state index contributed by atoms with van der Waals surface area (Å²) in [6.45, 7) is 3.72. The van der Waals surface area contributed by atoms with Gasteiger partial charge < -0.3 is 15.2 Å². The lowest BCUT2D eigenvalue weighted by molar-refractivity contribution is -0.151. The maximum atomic E-state index is 13.4. The van der Waals surface area contributed by atoms with Crippen LogP contribution in [0.4, 0.5) is 0 Å². The molecule has 28 heavy (non-hydrogen) atoms. The molecule has 2 saturated carbocycles. The van der Waals surface area contributed by atoms with Crippen molar-refractivity contribution in [1.29, 1.82) is 0 Å². The van der Waals surface area contributed by atoms with Crippen LogP contribution >= 0.6 is 0 Å².